The Balaban J connectivity index is 1.87. The first-order valence-electron chi connectivity index (χ1n) is 7.25. The topological polar surface area (TPSA) is 61.4 Å². The van der Waals surface area contributed by atoms with Gasteiger partial charge in [-0.1, -0.05) is 15.9 Å². The number of benzene rings is 1. The number of likely N-dealkylation sites (N-methyl/N-ethyl adjacent to an activating group) is 1. The van der Waals surface area contributed by atoms with Crippen LogP contribution in [0.1, 0.15) is 25.3 Å². The van der Waals surface area contributed by atoms with E-state index in [1.165, 1.54) is 11.0 Å². The van der Waals surface area contributed by atoms with E-state index in [1.54, 1.807) is 12.1 Å². The second-order valence-electron chi connectivity index (χ2n) is 5.24. The SMILES string of the molecule is CCN(Cc1cc(Br)ccc1F)C(=O)CNC(=O)NC1CC1. The summed E-state index contributed by atoms with van der Waals surface area (Å²) in [4.78, 5) is 25.1. The first-order chi connectivity index (χ1) is 10.5. The van der Waals surface area contributed by atoms with Gasteiger partial charge in [0.25, 0.3) is 0 Å². The molecular formula is C15H19BrFN3O2. The summed E-state index contributed by atoms with van der Waals surface area (Å²) in [6.45, 7) is 2.34. The molecule has 2 N–H and O–H groups in total. The van der Waals surface area contributed by atoms with Crippen LogP contribution in [0.5, 0.6) is 0 Å². The van der Waals surface area contributed by atoms with E-state index < -0.39 is 0 Å². The minimum Gasteiger partial charge on any atom is -0.337 e. The Kier molecular flexibility index (Phi) is 5.76. The summed E-state index contributed by atoms with van der Waals surface area (Å²) in [6, 6.07) is 4.53. The molecule has 1 aromatic carbocycles. The van der Waals surface area contributed by atoms with Crippen LogP contribution in [-0.4, -0.2) is 36.0 Å². The van der Waals surface area contributed by atoms with E-state index in [0.717, 1.165) is 17.3 Å². The van der Waals surface area contributed by atoms with Crippen LogP contribution in [0.2, 0.25) is 0 Å². The minimum atomic E-state index is -0.353. The summed E-state index contributed by atoms with van der Waals surface area (Å²) in [7, 11) is 0. The maximum atomic E-state index is 13.8. The van der Waals surface area contributed by atoms with Gasteiger partial charge in [-0.15, -0.1) is 0 Å². The van der Waals surface area contributed by atoms with Crippen molar-refractivity contribution >= 4 is 27.9 Å². The Morgan fingerprint density at radius 2 is 2.14 bits per heavy atom. The molecule has 0 bridgehead atoms. The van der Waals surface area contributed by atoms with E-state index in [-0.39, 0.29) is 36.9 Å². The molecule has 1 aliphatic carbocycles. The van der Waals surface area contributed by atoms with E-state index >= 15 is 0 Å². The molecule has 1 aromatic rings. The van der Waals surface area contributed by atoms with Gasteiger partial charge >= 0.3 is 6.03 Å². The van der Waals surface area contributed by atoms with Crippen LogP contribution in [0.3, 0.4) is 0 Å². The summed E-state index contributed by atoms with van der Waals surface area (Å²) >= 11 is 3.29. The van der Waals surface area contributed by atoms with Gasteiger partial charge in [-0.3, -0.25) is 4.79 Å². The van der Waals surface area contributed by atoms with Crippen molar-refractivity contribution in [3.63, 3.8) is 0 Å². The molecule has 1 fully saturated rings. The Hall–Kier alpha value is -1.63. The van der Waals surface area contributed by atoms with Crippen LogP contribution in [0.25, 0.3) is 0 Å². The summed E-state index contributed by atoms with van der Waals surface area (Å²) in [5, 5.41) is 5.28. The van der Waals surface area contributed by atoms with Crippen molar-refractivity contribution in [1.29, 1.82) is 0 Å². The predicted octanol–water partition coefficient (Wildman–Crippen LogP) is 2.40. The van der Waals surface area contributed by atoms with Gasteiger partial charge in [-0.2, -0.15) is 0 Å². The molecule has 1 aliphatic rings. The van der Waals surface area contributed by atoms with Gasteiger partial charge in [0.2, 0.25) is 5.91 Å². The summed E-state index contributed by atoms with van der Waals surface area (Å²) in [5.41, 5.74) is 0.437. The first kappa shape index (κ1) is 16.7. The molecule has 2 rings (SSSR count). The second kappa shape index (κ2) is 7.58. The number of carbonyl (C=O) groups excluding carboxylic acids is 2. The zero-order chi connectivity index (χ0) is 16.1. The monoisotopic (exact) mass is 371 g/mol. The number of rotatable bonds is 6. The van der Waals surface area contributed by atoms with Gasteiger partial charge < -0.3 is 15.5 Å². The van der Waals surface area contributed by atoms with Crippen molar-refractivity contribution in [3.8, 4) is 0 Å². The molecule has 0 radical (unpaired) electrons. The van der Waals surface area contributed by atoms with Crippen molar-refractivity contribution in [2.75, 3.05) is 13.1 Å². The Labute approximate surface area is 137 Å². The normalized spacial score (nSPS) is 13.6. The van der Waals surface area contributed by atoms with Gasteiger partial charge in [0.1, 0.15) is 5.82 Å². The summed E-state index contributed by atoms with van der Waals surface area (Å²) in [6.07, 6.45) is 1.98. The quantitative estimate of drug-likeness (QED) is 0.806. The maximum absolute atomic E-state index is 13.8. The van der Waals surface area contributed by atoms with Crippen LogP contribution < -0.4 is 10.6 Å². The largest absolute Gasteiger partial charge is 0.337 e. The zero-order valence-electron chi connectivity index (χ0n) is 12.4. The van der Waals surface area contributed by atoms with Crippen molar-refractivity contribution in [2.24, 2.45) is 0 Å². The number of urea groups is 1. The van der Waals surface area contributed by atoms with Crippen molar-refractivity contribution in [1.82, 2.24) is 15.5 Å². The first-order valence-corrected chi connectivity index (χ1v) is 8.05. The number of amides is 3. The highest BCUT2D eigenvalue weighted by molar-refractivity contribution is 9.10. The third-order valence-corrected chi connectivity index (χ3v) is 3.91. The fourth-order valence-electron chi connectivity index (χ4n) is 1.98. The third-order valence-electron chi connectivity index (χ3n) is 3.42. The lowest BCUT2D eigenvalue weighted by atomic mass is 10.2. The van der Waals surface area contributed by atoms with Crippen LogP contribution in [0.4, 0.5) is 9.18 Å². The number of halogens is 2. The fourth-order valence-corrected chi connectivity index (χ4v) is 2.39. The molecule has 7 heteroatoms. The average Bonchev–Trinajstić information content (AvgIpc) is 3.29. The standard InChI is InChI=1S/C15H19BrFN3O2/c1-2-20(9-10-7-11(16)3-6-13(10)17)14(21)8-18-15(22)19-12-4-5-12/h3,6-7,12H,2,4-5,8-9H2,1H3,(H2,18,19,22). The van der Waals surface area contributed by atoms with Gasteiger partial charge in [-0.05, 0) is 38.0 Å². The molecule has 5 nitrogen and oxygen atoms in total. The Bertz CT molecular complexity index is 564. The van der Waals surface area contributed by atoms with Gasteiger partial charge in [-0.25, -0.2) is 9.18 Å². The average molecular weight is 372 g/mol. The Morgan fingerprint density at radius 1 is 1.41 bits per heavy atom. The van der Waals surface area contributed by atoms with E-state index in [0.29, 0.717) is 12.1 Å². The third kappa shape index (κ3) is 4.98. The van der Waals surface area contributed by atoms with Crippen LogP contribution in [-0.2, 0) is 11.3 Å². The molecule has 0 saturated heterocycles. The number of hydrogen-bond donors (Lipinski definition) is 2. The molecule has 120 valence electrons. The number of carbonyl (C=O) groups is 2. The van der Waals surface area contributed by atoms with Crippen molar-refractivity contribution in [3.05, 3.63) is 34.1 Å². The van der Waals surface area contributed by atoms with Gasteiger partial charge in [0, 0.05) is 29.2 Å². The molecule has 0 heterocycles. The van der Waals surface area contributed by atoms with E-state index in [1.807, 2.05) is 6.92 Å². The lowest BCUT2D eigenvalue weighted by Crippen LogP contribution is -2.44. The maximum Gasteiger partial charge on any atom is 0.315 e. The molecule has 1 saturated carbocycles. The predicted molar refractivity (Wildman–Crippen MR) is 84.7 cm³/mol. The number of nitrogens with zero attached hydrogens (tertiary/aromatic N) is 1. The highest BCUT2D eigenvalue weighted by Crippen LogP contribution is 2.18. The highest BCUT2D eigenvalue weighted by atomic mass is 79.9. The lowest BCUT2D eigenvalue weighted by Gasteiger charge is -2.21. The van der Waals surface area contributed by atoms with Crippen molar-refractivity contribution in [2.45, 2.75) is 32.4 Å². The molecule has 0 aromatic heterocycles. The van der Waals surface area contributed by atoms with E-state index in [4.69, 9.17) is 0 Å². The molecule has 0 unspecified atom stereocenters. The number of nitrogens with one attached hydrogen (secondary N) is 2. The molecular weight excluding hydrogens is 353 g/mol. The fraction of sp³-hybridized carbons (Fsp3) is 0.467. The molecule has 3 amide bonds. The Morgan fingerprint density at radius 3 is 2.77 bits per heavy atom. The van der Waals surface area contributed by atoms with Gasteiger partial charge in [0.05, 0.1) is 6.54 Å². The molecule has 0 atom stereocenters. The molecule has 0 aliphatic heterocycles. The van der Waals surface area contributed by atoms with Crippen LogP contribution in [0.15, 0.2) is 22.7 Å². The number of hydrogen-bond acceptors (Lipinski definition) is 2. The van der Waals surface area contributed by atoms with Crippen molar-refractivity contribution < 1.29 is 14.0 Å². The second-order valence-corrected chi connectivity index (χ2v) is 6.16. The molecule has 22 heavy (non-hydrogen) atoms. The van der Waals surface area contributed by atoms with E-state index in [9.17, 15) is 14.0 Å². The van der Waals surface area contributed by atoms with Crippen LogP contribution in [0, 0.1) is 5.82 Å². The van der Waals surface area contributed by atoms with Crippen LogP contribution >= 0.6 is 15.9 Å². The smallest absolute Gasteiger partial charge is 0.315 e. The molecule has 0 spiro atoms. The van der Waals surface area contributed by atoms with E-state index in [2.05, 4.69) is 26.6 Å². The zero-order valence-corrected chi connectivity index (χ0v) is 14.0. The van der Waals surface area contributed by atoms with Gasteiger partial charge in [0.15, 0.2) is 0 Å². The summed E-state index contributed by atoms with van der Waals surface area (Å²) in [5.74, 6) is -0.596. The lowest BCUT2D eigenvalue weighted by molar-refractivity contribution is -0.130. The summed E-state index contributed by atoms with van der Waals surface area (Å²) < 4.78 is 14.5. The minimum absolute atomic E-state index is 0.0952. The highest BCUT2D eigenvalue weighted by Gasteiger charge is 2.23.